The fraction of sp³-hybridized carbons (Fsp3) is 0.565. The Bertz CT molecular complexity index is 918. The van der Waals surface area contributed by atoms with E-state index in [4.69, 9.17) is 9.72 Å². The van der Waals surface area contributed by atoms with Crippen LogP contribution in [0.3, 0.4) is 0 Å². The summed E-state index contributed by atoms with van der Waals surface area (Å²) in [5, 5.41) is 0. The molecule has 0 saturated carbocycles. The highest BCUT2D eigenvalue weighted by Gasteiger charge is 2.36. The Morgan fingerprint density at radius 3 is 2.43 bits per heavy atom. The third-order valence-corrected chi connectivity index (χ3v) is 5.81. The Morgan fingerprint density at radius 2 is 1.87 bits per heavy atom. The fourth-order valence-electron chi connectivity index (χ4n) is 4.37. The van der Waals surface area contributed by atoms with Gasteiger partial charge in [-0.25, -0.2) is 9.37 Å². The first kappa shape index (κ1) is 22.1. The number of benzene rings is 1. The summed E-state index contributed by atoms with van der Waals surface area (Å²) in [4.78, 5) is 21.8. The number of ether oxygens (including phenoxy) is 1. The van der Waals surface area contributed by atoms with Crippen molar-refractivity contribution >= 4 is 17.4 Å². The zero-order valence-corrected chi connectivity index (χ0v) is 19.0. The van der Waals surface area contributed by atoms with Gasteiger partial charge in [0.25, 0.3) is 5.91 Å². The molecule has 164 valence electrons. The van der Waals surface area contributed by atoms with Crippen molar-refractivity contribution < 1.29 is 13.9 Å². The van der Waals surface area contributed by atoms with Crippen LogP contribution in [-0.2, 0) is 6.42 Å². The van der Waals surface area contributed by atoms with Crippen LogP contribution in [-0.4, -0.2) is 41.2 Å². The number of anilines is 2. The highest BCUT2D eigenvalue weighted by atomic mass is 19.1. The molecule has 1 aliphatic heterocycles. The second-order valence-corrected chi connectivity index (χ2v) is 8.00. The number of carbonyl (C=O) groups is 1. The molecule has 0 radical (unpaired) electrons. The molecule has 6 nitrogen and oxygen atoms in total. The van der Waals surface area contributed by atoms with Crippen LogP contribution in [0.15, 0.2) is 12.1 Å². The van der Waals surface area contributed by atoms with Crippen molar-refractivity contribution in [2.75, 3.05) is 25.7 Å². The number of carbonyl (C=O) groups excluding carboxylic acids is 1. The Labute approximate surface area is 178 Å². The zero-order chi connectivity index (χ0) is 22.0. The van der Waals surface area contributed by atoms with Crippen molar-refractivity contribution in [3.05, 3.63) is 35.0 Å². The molecule has 1 aromatic heterocycles. The molecule has 0 atom stereocenters. The number of rotatable bonds is 8. The first-order valence-electron chi connectivity index (χ1n) is 10.9. The highest BCUT2D eigenvalue weighted by Crippen LogP contribution is 2.39. The molecule has 0 unspecified atom stereocenters. The number of aryl methyl sites for hydroxylation is 2. The van der Waals surface area contributed by atoms with E-state index in [1.807, 2.05) is 11.8 Å². The molecule has 0 saturated heterocycles. The molecule has 1 amide bonds. The lowest BCUT2D eigenvalue weighted by molar-refractivity contribution is 0.0772. The zero-order valence-electron chi connectivity index (χ0n) is 19.0. The van der Waals surface area contributed by atoms with Crippen LogP contribution in [0.4, 0.5) is 15.9 Å². The van der Waals surface area contributed by atoms with E-state index in [2.05, 4.69) is 25.3 Å². The minimum Gasteiger partial charge on any atom is -0.494 e. The summed E-state index contributed by atoms with van der Waals surface area (Å²) in [5.41, 5.74) is 2.18. The van der Waals surface area contributed by atoms with Gasteiger partial charge in [0, 0.05) is 25.6 Å². The minimum absolute atomic E-state index is 0.0303. The number of methoxy groups -OCH3 is 1. The number of fused-ring (bicyclic) bond motifs is 1. The van der Waals surface area contributed by atoms with Gasteiger partial charge in [0.2, 0.25) is 0 Å². The van der Waals surface area contributed by atoms with E-state index in [1.54, 1.807) is 18.0 Å². The number of hydrogen-bond donors (Lipinski definition) is 0. The Morgan fingerprint density at radius 1 is 1.20 bits per heavy atom. The van der Waals surface area contributed by atoms with Crippen LogP contribution in [0.2, 0.25) is 0 Å². The van der Waals surface area contributed by atoms with Gasteiger partial charge in [-0.3, -0.25) is 4.79 Å². The summed E-state index contributed by atoms with van der Waals surface area (Å²) in [7, 11) is 3.24. The topological polar surface area (TPSA) is 50.6 Å². The smallest absolute Gasteiger partial charge is 0.275 e. The van der Waals surface area contributed by atoms with E-state index < -0.39 is 5.82 Å². The van der Waals surface area contributed by atoms with Crippen LogP contribution >= 0.6 is 0 Å². The number of hydrogen-bond acceptors (Lipinski definition) is 4. The molecular weight excluding hydrogens is 383 g/mol. The van der Waals surface area contributed by atoms with Crippen LogP contribution in [0, 0.1) is 12.7 Å². The van der Waals surface area contributed by atoms with Crippen molar-refractivity contribution in [3.63, 3.8) is 0 Å². The number of nitrogens with zero attached hydrogens (tertiary/aromatic N) is 4. The van der Waals surface area contributed by atoms with E-state index >= 15 is 0 Å². The molecule has 2 aromatic rings. The standard InChI is InChI=1S/C23H33FN4O2/c1-7-10-16(11-8-2)28-20(9-3)25-22-21(28)23(29)26(5)14-27(22)18-13-17(24)19(30-6)12-15(18)4/h12-13,16H,7-11,14H2,1-6H3. The third kappa shape index (κ3) is 3.77. The predicted octanol–water partition coefficient (Wildman–Crippen LogP) is 5.22. The van der Waals surface area contributed by atoms with Crippen LogP contribution in [0.25, 0.3) is 0 Å². The molecule has 0 N–H and O–H groups in total. The second kappa shape index (κ2) is 9.06. The van der Waals surface area contributed by atoms with Crippen molar-refractivity contribution in [1.82, 2.24) is 14.5 Å². The van der Waals surface area contributed by atoms with E-state index in [1.165, 1.54) is 13.2 Å². The summed E-state index contributed by atoms with van der Waals surface area (Å²) in [6, 6.07) is 3.40. The molecular formula is C23H33FN4O2. The lowest BCUT2D eigenvalue weighted by Gasteiger charge is -2.35. The highest BCUT2D eigenvalue weighted by molar-refractivity contribution is 6.00. The van der Waals surface area contributed by atoms with Gasteiger partial charge in [0.1, 0.15) is 5.82 Å². The molecule has 0 bridgehead atoms. The minimum atomic E-state index is -0.427. The molecule has 0 aliphatic carbocycles. The van der Waals surface area contributed by atoms with Gasteiger partial charge in [0.05, 0.1) is 19.5 Å². The normalized spacial score (nSPS) is 13.9. The van der Waals surface area contributed by atoms with Gasteiger partial charge in [-0.15, -0.1) is 0 Å². The van der Waals surface area contributed by atoms with Gasteiger partial charge in [-0.2, -0.15) is 0 Å². The molecule has 3 rings (SSSR count). The maximum atomic E-state index is 14.6. The SMILES string of the molecule is CCCC(CCC)n1c(CC)nc2c1C(=O)N(C)CN2c1cc(F)c(OC)cc1C. The predicted molar refractivity (Wildman–Crippen MR) is 117 cm³/mol. The number of amides is 1. The quantitative estimate of drug-likeness (QED) is 0.592. The second-order valence-electron chi connectivity index (χ2n) is 8.00. The lowest BCUT2D eigenvalue weighted by Crippen LogP contribution is -2.43. The first-order valence-corrected chi connectivity index (χ1v) is 10.9. The molecule has 0 fully saturated rings. The average Bonchev–Trinajstić information content (AvgIpc) is 3.12. The summed E-state index contributed by atoms with van der Waals surface area (Å²) in [6.07, 6.45) is 4.81. The number of halogens is 1. The lowest BCUT2D eigenvalue weighted by atomic mass is 10.1. The van der Waals surface area contributed by atoms with E-state index in [0.717, 1.165) is 43.5 Å². The average molecular weight is 417 g/mol. The maximum Gasteiger partial charge on any atom is 0.275 e. The van der Waals surface area contributed by atoms with Gasteiger partial charge in [-0.05, 0) is 31.4 Å². The van der Waals surface area contributed by atoms with Gasteiger partial charge >= 0.3 is 0 Å². The van der Waals surface area contributed by atoms with E-state index in [9.17, 15) is 9.18 Å². The van der Waals surface area contributed by atoms with Crippen LogP contribution in [0.1, 0.15) is 74.4 Å². The molecule has 1 aromatic carbocycles. The van der Waals surface area contributed by atoms with Crippen molar-refractivity contribution in [1.29, 1.82) is 0 Å². The van der Waals surface area contributed by atoms with Crippen molar-refractivity contribution in [3.8, 4) is 5.75 Å². The molecule has 30 heavy (non-hydrogen) atoms. The van der Waals surface area contributed by atoms with Crippen molar-refractivity contribution in [2.45, 2.75) is 65.8 Å². The first-order chi connectivity index (χ1) is 14.4. The summed E-state index contributed by atoms with van der Waals surface area (Å²) in [6.45, 7) is 8.64. The molecule has 2 heterocycles. The number of imidazole rings is 1. The summed E-state index contributed by atoms with van der Waals surface area (Å²) >= 11 is 0. The fourth-order valence-corrected chi connectivity index (χ4v) is 4.37. The maximum absolute atomic E-state index is 14.6. The van der Waals surface area contributed by atoms with E-state index in [-0.39, 0.29) is 17.7 Å². The third-order valence-electron chi connectivity index (χ3n) is 5.81. The molecule has 7 heteroatoms. The summed E-state index contributed by atoms with van der Waals surface area (Å²) < 4.78 is 21.8. The van der Waals surface area contributed by atoms with Crippen LogP contribution < -0.4 is 9.64 Å². The molecule has 1 aliphatic rings. The van der Waals surface area contributed by atoms with E-state index in [0.29, 0.717) is 23.9 Å². The Hall–Kier alpha value is -2.57. The summed E-state index contributed by atoms with van der Waals surface area (Å²) in [5.74, 6) is 1.29. The van der Waals surface area contributed by atoms with Gasteiger partial charge < -0.3 is 19.1 Å². The Kier molecular flexibility index (Phi) is 6.68. The monoisotopic (exact) mass is 416 g/mol. The number of aromatic nitrogens is 2. The Balaban J connectivity index is 2.21. The van der Waals surface area contributed by atoms with Gasteiger partial charge in [0.15, 0.2) is 23.1 Å². The molecule has 0 spiro atoms. The van der Waals surface area contributed by atoms with Crippen molar-refractivity contribution in [2.24, 2.45) is 0 Å². The largest absolute Gasteiger partial charge is 0.494 e. The van der Waals surface area contributed by atoms with Gasteiger partial charge in [-0.1, -0.05) is 33.6 Å². The van der Waals surface area contributed by atoms with Crippen LogP contribution in [0.5, 0.6) is 5.75 Å².